The van der Waals surface area contributed by atoms with Gasteiger partial charge in [-0.25, -0.2) is 9.18 Å². The largest absolute Gasteiger partial charge is 0.463 e. The van der Waals surface area contributed by atoms with Gasteiger partial charge in [0, 0.05) is 42.9 Å². The van der Waals surface area contributed by atoms with Crippen molar-refractivity contribution < 1.29 is 37.6 Å². The second kappa shape index (κ2) is 15.9. The summed E-state index contributed by atoms with van der Waals surface area (Å²) in [5.74, 6) is -4.05. The van der Waals surface area contributed by atoms with Crippen molar-refractivity contribution in [1.29, 1.82) is 0 Å². The van der Waals surface area contributed by atoms with Crippen LogP contribution in [0.4, 0.5) is 4.39 Å². The van der Waals surface area contributed by atoms with Crippen LogP contribution in [-0.2, 0) is 30.3 Å². The number of allylic oxidation sites excluding steroid dienone is 1. The maximum absolute atomic E-state index is 14.1. The number of esters is 1. The molecular formula is C32H40FN3O7. The molecule has 0 bridgehead atoms. The number of ether oxygens (including phenoxy) is 1. The van der Waals surface area contributed by atoms with Crippen LogP contribution in [0.5, 0.6) is 0 Å². The van der Waals surface area contributed by atoms with Crippen LogP contribution in [-0.4, -0.2) is 53.7 Å². The molecule has 1 aliphatic rings. The minimum atomic E-state index is -0.913. The zero-order chi connectivity index (χ0) is 31.5. The van der Waals surface area contributed by atoms with Gasteiger partial charge < -0.3 is 19.9 Å². The Balaban J connectivity index is 1.87. The van der Waals surface area contributed by atoms with Crippen LogP contribution in [0.1, 0.15) is 68.3 Å². The average molecular weight is 598 g/mol. The Morgan fingerprint density at radius 3 is 2.51 bits per heavy atom. The first-order valence-electron chi connectivity index (χ1n) is 14.7. The van der Waals surface area contributed by atoms with Crippen LogP contribution in [0.25, 0.3) is 0 Å². The highest BCUT2D eigenvalue weighted by molar-refractivity contribution is 5.98. The third-order valence-electron chi connectivity index (χ3n) is 7.51. The number of Topliss-reactive ketones (excluding diaryl/α,β-unsaturated/α-hetero) is 2. The predicted octanol–water partition coefficient (Wildman–Crippen LogP) is 3.92. The summed E-state index contributed by atoms with van der Waals surface area (Å²) in [5, 5.41) is 9.22. The van der Waals surface area contributed by atoms with Gasteiger partial charge >= 0.3 is 5.97 Å². The topological polar surface area (TPSA) is 145 Å². The molecule has 0 spiro atoms. The Bertz CT molecular complexity index is 1320. The highest BCUT2D eigenvalue weighted by atomic mass is 19.1. The second-order valence-electron chi connectivity index (χ2n) is 11.2. The smallest absolute Gasteiger partial charge is 0.330 e. The molecule has 0 saturated carbocycles. The molecule has 0 unspecified atom stereocenters. The van der Waals surface area contributed by atoms with E-state index in [9.17, 15) is 28.4 Å². The Kier molecular flexibility index (Phi) is 12.3. The lowest BCUT2D eigenvalue weighted by atomic mass is 9.80. The van der Waals surface area contributed by atoms with E-state index in [4.69, 9.17) is 9.26 Å². The molecule has 1 aromatic heterocycles. The third kappa shape index (κ3) is 9.97. The molecule has 0 aliphatic carbocycles. The number of carbonyl (C=O) groups is 5. The van der Waals surface area contributed by atoms with E-state index in [0.717, 1.165) is 0 Å². The molecule has 4 atom stereocenters. The van der Waals surface area contributed by atoms with Crippen molar-refractivity contribution in [3.05, 3.63) is 65.3 Å². The Labute approximate surface area is 250 Å². The van der Waals surface area contributed by atoms with E-state index in [2.05, 4.69) is 15.8 Å². The van der Waals surface area contributed by atoms with Gasteiger partial charge in [0.15, 0.2) is 11.5 Å². The van der Waals surface area contributed by atoms with Crippen molar-refractivity contribution in [3.63, 3.8) is 0 Å². The summed E-state index contributed by atoms with van der Waals surface area (Å²) in [4.78, 5) is 64.9. The van der Waals surface area contributed by atoms with Crippen LogP contribution < -0.4 is 10.6 Å². The molecule has 232 valence electrons. The van der Waals surface area contributed by atoms with Crippen molar-refractivity contribution in [2.24, 2.45) is 23.7 Å². The number of halogens is 1. The first kappa shape index (κ1) is 33.4. The number of nitrogens with zero attached hydrogens (tertiary/aromatic N) is 1. The Hall–Kier alpha value is -4.15. The molecule has 0 radical (unpaired) electrons. The molecule has 11 heteroatoms. The molecule has 2 heterocycles. The van der Waals surface area contributed by atoms with Crippen LogP contribution in [0.15, 0.2) is 47.0 Å². The number of rotatable bonds is 16. The minimum Gasteiger partial charge on any atom is -0.463 e. The van der Waals surface area contributed by atoms with Gasteiger partial charge in [-0.05, 0) is 63.1 Å². The molecule has 1 aromatic carbocycles. The number of carbonyl (C=O) groups excluding carboxylic acids is 5. The van der Waals surface area contributed by atoms with Gasteiger partial charge in [-0.2, -0.15) is 0 Å². The number of benzene rings is 1. The van der Waals surface area contributed by atoms with E-state index in [1.807, 2.05) is 0 Å². The van der Waals surface area contributed by atoms with E-state index in [0.29, 0.717) is 30.7 Å². The lowest BCUT2D eigenvalue weighted by molar-refractivity contribution is -0.137. The number of hydrogen-bond acceptors (Lipinski definition) is 8. The summed E-state index contributed by atoms with van der Waals surface area (Å²) in [7, 11) is 0. The van der Waals surface area contributed by atoms with E-state index in [-0.39, 0.29) is 60.9 Å². The van der Waals surface area contributed by atoms with Crippen molar-refractivity contribution in [2.75, 3.05) is 13.2 Å². The molecule has 1 fully saturated rings. The standard InChI is InChI=1S/C32H40FN3O7/c1-5-42-28(38)13-10-22(8-9-23-14-15-34-31(23)40)30(39)24(17-21-6-11-25(33)12-7-21)18-27(37)29(19(2)3)35-32(41)26-16-20(4)43-36-26/h6-7,10-13,16,19,22-24,29H,5,8-9,14-15,17-18H2,1-4H3,(H,34,40)(H,35,41)/b13-10-/t22-,23+,24+,29-/m0/s1. The fourth-order valence-corrected chi connectivity index (χ4v) is 5.18. The van der Waals surface area contributed by atoms with Gasteiger partial charge in [0.1, 0.15) is 17.4 Å². The normalized spacial score (nSPS) is 17.0. The zero-order valence-electron chi connectivity index (χ0n) is 25.1. The van der Waals surface area contributed by atoms with E-state index in [1.165, 1.54) is 30.4 Å². The highest BCUT2D eigenvalue weighted by Crippen LogP contribution is 2.27. The first-order valence-corrected chi connectivity index (χ1v) is 14.7. The lowest BCUT2D eigenvalue weighted by Gasteiger charge is -2.25. The van der Waals surface area contributed by atoms with Crippen molar-refractivity contribution in [3.8, 4) is 0 Å². The molecule has 1 saturated heterocycles. The van der Waals surface area contributed by atoms with E-state index >= 15 is 0 Å². The average Bonchev–Trinajstić information content (AvgIpc) is 3.59. The highest BCUT2D eigenvalue weighted by Gasteiger charge is 2.34. The monoisotopic (exact) mass is 597 g/mol. The number of nitrogens with one attached hydrogen (secondary N) is 2. The zero-order valence-corrected chi connectivity index (χ0v) is 25.1. The van der Waals surface area contributed by atoms with Crippen LogP contribution >= 0.6 is 0 Å². The van der Waals surface area contributed by atoms with Gasteiger partial charge in [0.2, 0.25) is 5.91 Å². The van der Waals surface area contributed by atoms with E-state index in [1.54, 1.807) is 39.8 Å². The number of aryl methyl sites for hydroxylation is 1. The van der Waals surface area contributed by atoms with Crippen LogP contribution in [0.2, 0.25) is 0 Å². The van der Waals surface area contributed by atoms with Crippen LogP contribution in [0, 0.1) is 36.4 Å². The molecule has 2 aromatic rings. The predicted molar refractivity (Wildman–Crippen MR) is 155 cm³/mol. The molecule has 3 rings (SSSR count). The maximum Gasteiger partial charge on any atom is 0.330 e. The minimum absolute atomic E-state index is 0.0370. The molecule has 2 N–H and O–H groups in total. The summed E-state index contributed by atoms with van der Waals surface area (Å²) < 4.78 is 23.6. The van der Waals surface area contributed by atoms with Crippen molar-refractivity contribution in [1.82, 2.24) is 15.8 Å². The van der Waals surface area contributed by atoms with Crippen molar-refractivity contribution >= 4 is 29.4 Å². The fourth-order valence-electron chi connectivity index (χ4n) is 5.18. The fraction of sp³-hybridized carbons (Fsp3) is 0.500. The Morgan fingerprint density at radius 2 is 1.93 bits per heavy atom. The third-order valence-corrected chi connectivity index (χ3v) is 7.51. The maximum atomic E-state index is 14.1. The van der Waals surface area contributed by atoms with Gasteiger partial charge in [-0.1, -0.05) is 37.2 Å². The summed E-state index contributed by atoms with van der Waals surface area (Å²) >= 11 is 0. The summed E-state index contributed by atoms with van der Waals surface area (Å²) in [6.45, 7) is 7.62. The second-order valence-corrected chi connectivity index (χ2v) is 11.2. The van der Waals surface area contributed by atoms with Gasteiger partial charge in [0.25, 0.3) is 5.91 Å². The quantitative estimate of drug-likeness (QED) is 0.219. The van der Waals surface area contributed by atoms with Gasteiger partial charge in [0.05, 0.1) is 12.6 Å². The lowest BCUT2D eigenvalue weighted by Crippen LogP contribution is -2.45. The molecule has 2 amide bonds. The van der Waals surface area contributed by atoms with Crippen LogP contribution in [0.3, 0.4) is 0 Å². The number of ketones is 2. The Morgan fingerprint density at radius 1 is 1.21 bits per heavy atom. The first-order chi connectivity index (χ1) is 20.5. The molecule has 1 aliphatic heterocycles. The number of amides is 2. The number of hydrogen-bond donors (Lipinski definition) is 2. The van der Waals surface area contributed by atoms with Crippen molar-refractivity contribution in [2.45, 2.75) is 65.8 Å². The van der Waals surface area contributed by atoms with Gasteiger partial charge in [-0.15, -0.1) is 0 Å². The summed E-state index contributed by atoms with van der Waals surface area (Å²) in [5.41, 5.74) is 0.689. The van der Waals surface area contributed by atoms with Gasteiger partial charge in [-0.3, -0.25) is 19.2 Å². The SMILES string of the molecule is CCOC(=O)/C=C\[C@H](CC[C@@H]1CCNC1=O)C(=O)[C@@H](CC(=O)[C@@H](NC(=O)c1cc(C)on1)C(C)C)Cc1ccc(F)cc1. The van der Waals surface area contributed by atoms with E-state index < -0.39 is 35.6 Å². The number of aromatic nitrogens is 1. The molecule has 43 heavy (non-hydrogen) atoms. The molecular weight excluding hydrogens is 557 g/mol. The summed E-state index contributed by atoms with van der Waals surface area (Å²) in [6, 6.07) is 6.23. The molecule has 10 nitrogen and oxygen atoms in total. The summed E-state index contributed by atoms with van der Waals surface area (Å²) in [6.07, 6.45) is 3.98.